The van der Waals surface area contributed by atoms with E-state index >= 15 is 0 Å². The predicted octanol–water partition coefficient (Wildman–Crippen LogP) is 4.65. The predicted molar refractivity (Wildman–Crippen MR) is 93.2 cm³/mol. The first kappa shape index (κ1) is 17.1. The van der Waals surface area contributed by atoms with Crippen LogP contribution in [0.1, 0.15) is 27.2 Å². The monoisotopic (exact) mass is 343 g/mol. The second-order valence-corrected chi connectivity index (χ2v) is 7.15. The number of amides is 1. The summed E-state index contributed by atoms with van der Waals surface area (Å²) >= 11 is 0. The molecule has 0 aliphatic heterocycles. The van der Waals surface area contributed by atoms with E-state index in [0.29, 0.717) is 29.1 Å². The van der Waals surface area contributed by atoms with Crippen LogP contribution in [0.25, 0.3) is 16.9 Å². The lowest BCUT2D eigenvalue weighted by atomic mass is 9.92. The van der Waals surface area contributed by atoms with Gasteiger partial charge in [0.25, 0.3) is 0 Å². The summed E-state index contributed by atoms with van der Waals surface area (Å²) in [5.74, 6) is -1.61. The van der Waals surface area contributed by atoms with Gasteiger partial charge in [-0.2, -0.15) is 0 Å². The molecule has 0 saturated carbocycles. The number of aromatic nitrogens is 2. The lowest BCUT2D eigenvalue weighted by molar-refractivity contribution is -0.117. The summed E-state index contributed by atoms with van der Waals surface area (Å²) in [6, 6.07) is 8.98. The average molecular weight is 343 g/mol. The lowest BCUT2D eigenvalue weighted by Gasteiger charge is -2.17. The summed E-state index contributed by atoms with van der Waals surface area (Å²) < 4.78 is 28.6. The molecule has 2 heterocycles. The highest BCUT2D eigenvalue weighted by Crippen LogP contribution is 2.30. The van der Waals surface area contributed by atoms with Crippen LogP contribution in [0, 0.1) is 17.0 Å². The highest BCUT2D eigenvalue weighted by molar-refractivity contribution is 5.94. The summed E-state index contributed by atoms with van der Waals surface area (Å²) in [4.78, 5) is 16.9. The summed E-state index contributed by atoms with van der Waals surface area (Å²) in [6.07, 6.45) is 2.09. The molecule has 4 nitrogen and oxygen atoms in total. The maximum atomic E-state index is 13.6. The number of carbonyl (C=O) groups excluding carboxylic acids is 1. The molecule has 25 heavy (non-hydrogen) atoms. The molecule has 0 fully saturated rings. The van der Waals surface area contributed by atoms with Gasteiger partial charge in [0.1, 0.15) is 17.2 Å². The fourth-order valence-corrected chi connectivity index (χ4v) is 2.62. The second-order valence-electron chi connectivity index (χ2n) is 7.15. The van der Waals surface area contributed by atoms with Gasteiger partial charge in [-0.1, -0.05) is 26.8 Å². The molecule has 130 valence electrons. The second kappa shape index (κ2) is 6.27. The smallest absolute Gasteiger partial charge is 0.226 e. The number of hydrogen-bond acceptors (Lipinski definition) is 2. The molecular formula is C19H19F2N3O. The number of nitrogens with zero attached hydrogens (tertiary/aromatic N) is 2. The molecule has 3 aromatic rings. The Bertz CT molecular complexity index is 941. The average Bonchev–Trinajstić information content (AvgIpc) is 2.87. The van der Waals surface area contributed by atoms with E-state index < -0.39 is 11.6 Å². The van der Waals surface area contributed by atoms with Crippen LogP contribution >= 0.6 is 0 Å². The van der Waals surface area contributed by atoms with E-state index in [9.17, 15) is 13.6 Å². The molecule has 0 saturated heterocycles. The zero-order chi connectivity index (χ0) is 18.2. The van der Waals surface area contributed by atoms with Gasteiger partial charge in [0.2, 0.25) is 5.91 Å². The first-order valence-corrected chi connectivity index (χ1v) is 7.97. The lowest BCUT2D eigenvalue weighted by Crippen LogP contribution is -2.20. The van der Waals surface area contributed by atoms with Crippen LogP contribution in [0.4, 0.5) is 14.6 Å². The Morgan fingerprint density at radius 3 is 2.60 bits per heavy atom. The summed E-state index contributed by atoms with van der Waals surface area (Å²) in [5, 5.41) is 2.87. The van der Waals surface area contributed by atoms with Crippen molar-refractivity contribution in [3.8, 4) is 11.3 Å². The van der Waals surface area contributed by atoms with E-state index in [1.165, 1.54) is 6.07 Å². The van der Waals surface area contributed by atoms with Gasteiger partial charge in [-0.05, 0) is 35.7 Å². The van der Waals surface area contributed by atoms with Crippen molar-refractivity contribution in [2.75, 3.05) is 5.32 Å². The molecule has 0 bridgehead atoms. The van der Waals surface area contributed by atoms with Crippen LogP contribution in [-0.2, 0) is 4.79 Å². The number of hydrogen-bond donors (Lipinski definition) is 1. The quantitative estimate of drug-likeness (QED) is 0.752. The summed E-state index contributed by atoms with van der Waals surface area (Å²) in [7, 11) is 0. The molecule has 1 N–H and O–H groups in total. The minimum absolute atomic E-state index is 0.165. The van der Waals surface area contributed by atoms with Gasteiger partial charge in [0.15, 0.2) is 11.6 Å². The van der Waals surface area contributed by atoms with E-state index in [2.05, 4.69) is 10.3 Å². The van der Waals surface area contributed by atoms with Gasteiger partial charge in [0, 0.05) is 18.2 Å². The van der Waals surface area contributed by atoms with Gasteiger partial charge < -0.3 is 5.32 Å². The van der Waals surface area contributed by atoms with Crippen LogP contribution < -0.4 is 5.32 Å². The molecule has 0 radical (unpaired) electrons. The zero-order valence-corrected chi connectivity index (χ0v) is 14.3. The Morgan fingerprint density at radius 2 is 1.92 bits per heavy atom. The van der Waals surface area contributed by atoms with Crippen molar-refractivity contribution in [1.82, 2.24) is 9.38 Å². The van der Waals surface area contributed by atoms with Gasteiger partial charge >= 0.3 is 0 Å². The van der Waals surface area contributed by atoms with Crippen LogP contribution in [0.5, 0.6) is 0 Å². The van der Waals surface area contributed by atoms with E-state index in [1.807, 2.05) is 32.9 Å². The molecule has 0 atom stereocenters. The Balaban J connectivity index is 2.09. The SMILES string of the molecule is CC(C)(C)CC(=O)Nc1c(-c2ccc(F)c(F)c2)nc2ccccn12. The van der Waals surface area contributed by atoms with Crippen LogP contribution in [0.3, 0.4) is 0 Å². The topological polar surface area (TPSA) is 46.4 Å². The Hall–Kier alpha value is -2.76. The number of pyridine rings is 1. The van der Waals surface area contributed by atoms with Crippen molar-refractivity contribution in [3.05, 3.63) is 54.2 Å². The molecule has 6 heteroatoms. The summed E-state index contributed by atoms with van der Waals surface area (Å²) in [5.41, 5.74) is 1.22. The van der Waals surface area contributed by atoms with Gasteiger partial charge in [-0.25, -0.2) is 13.8 Å². The normalized spacial score (nSPS) is 11.7. The fourth-order valence-electron chi connectivity index (χ4n) is 2.62. The third-order valence-electron chi connectivity index (χ3n) is 3.67. The third-order valence-corrected chi connectivity index (χ3v) is 3.67. The van der Waals surface area contributed by atoms with E-state index in [4.69, 9.17) is 0 Å². The Morgan fingerprint density at radius 1 is 1.16 bits per heavy atom. The number of benzene rings is 1. The zero-order valence-electron chi connectivity index (χ0n) is 14.3. The first-order valence-electron chi connectivity index (χ1n) is 7.97. The van der Waals surface area contributed by atoms with Gasteiger partial charge in [-0.15, -0.1) is 0 Å². The van der Waals surface area contributed by atoms with Crippen molar-refractivity contribution >= 4 is 17.4 Å². The van der Waals surface area contributed by atoms with Crippen molar-refractivity contribution in [1.29, 1.82) is 0 Å². The molecule has 0 spiro atoms. The minimum Gasteiger partial charge on any atom is -0.310 e. The number of imidazole rings is 1. The van der Waals surface area contributed by atoms with Crippen molar-refractivity contribution < 1.29 is 13.6 Å². The van der Waals surface area contributed by atoms with Crippen LogP contribution in [-0.4, -0.2) is 15.3 Å². The largest absolute Gasteiger partial charge is 0.310 e. The van der Waals surface area contributed by atoms with Gasteiger partial charge in [0.05, 0.1) is 0 Å². The molecule has 0 unspecified atom stereocenters. The van der Waals surface area contributed by atoms with E-state index in [1.54, 1.807) is 16.7 Å². The molecule has 1 aromatic carbocycles. The van der Waals surface area contributed by atoms with Crippen molar-refractivity contribution in [2.24, 2.45) is 5.41 Å². The number of nitrogens with one attached hydrogen (secondary N) is 1. The maximum Gasteiger partial charge on any atom is 0.226 e. The minimum atomic E-state index is -0.957. The van der Waals surface area contributed by atoms with Gasteiger partial charge in [-0.3, -0.25) is 9.20 Å². The summed E-state index contributed by atoms with van der Waals surface area (Å²) in [6.45, 7) is 5.91. The molecule has 2 aromatic heterocycles. The maximum absolute atomic E-state index is 13.6. The van der Waals surface area contributed by atoms with Crippen molar-refractivity contribution in [2.45, 2.75) is 27.2 Å². The molecular weight excluding hydrogens is 324 g/mol. The standard InChI is InChI=1S/C19H19F2N3O/c1-19(2,3)11-16(25)23-18-17(12-7-8-13(20)14(21)10-12)22-15-6-4-5-9-24(15)18/h4-10H,11H2,1-3H3,(H,23,25). The number of halogens is 2. The number of rotatable bonds is 3. The molecule has 0 aliphatic carbocycles. The highest BCUT2D eigenvalue weighted by Gasteiger charge is 2.21. The Labute approximate surface area is 144 Å². The number of fused-ring (bicyclic) bond motifs is 1. The van der Waals surface area contributed by atoms with Crippen molar-refractivity contribution in [3.63, 3.8) is 0 Å². The van der Waals surface area contributed by atoms with E-state index in [0.717, 1.165) is 12.1 Å². The van der Waals surface area contributed by atoms with E-state index in [-0.39, 0.29) is 11.3 Å². The molecule has 3 rings (SSSR count). The number of anilines is 1. The molecule has 0 aliphatic rings. The fraction of sp³-hybridized carbons (Fsp3) is 0.263. The first-order chi connectivity index (χ1) is 11.7. The van der Waals surface area contributed by atoms with Crippen LogP contribution in [0.2, 0.25) is 0 Å². The Kier molecular flexibility index (Phi) is 4.29. The number of carbonyl (C=O) groups is 1. The third kappa shape index (κ3) is 3.68. The molecule has 1 amide bonds. The highest BCUT2D eigenvalue weighted by atomic mass is 19.2. The van der Waals surface area contributed by atoms with Crippen LogP contribution in [0.15, 0.2) is 42.6 Å².